The number of unbranched alkanes of at least 4 members (excludes halogenated alkanes) is 2. The second kappa shape index (κ2) is 13.6. The minimum absolute atomic E-state index is 0.0398. The molecule has 4 heteroatoms. The summed E-state index contributed by atoms with van der Waals surface area (Å²) in [4.78, 5) is 0. The van der Waals surface area contributed by atoms with Crippen LogP contribution in [-0.4, -0.2) is 34.4 Å². The molecule has 0 bridgehead atoms. The van der Waals surface area contributed by atoms with Crippen molar-refractivity contribution >= 4 is 22.1 Å². The molecule has 0 unspecified atom stereocenters. The number of rotatable bonds is 12. The Morgan fingerprint density at radius 1 is 1.00 bits per heavy atom. The summed E-state index contributed by atoms with van der Waals surface area (Å²) in [5, 5.41) is 0. The van der Waals surface area contributed by atoms with Gasteiger partial charge < -0.3 is 9.47 Å². The minimum atomic E-state index is 0.0398. The molecule has 2 radical (unpaired) electrons. The summed E-state index contributed by atoms with van der Waals surface area (Å²) in [5.41, 5.74) is 0. The second-order valence-electron chi connectivity index (χ2n) is 3.81. The molecule has 0 rings (SSSR count). The van der Waals surface area contributed by atoms with Crippen LogP contribution in [0.2, 0.25) is 6.04 Å². The Hall–Kier alpha value is 0.487. The molecule has 0 saturated carbocycles. The van der Waals surface area contributed by atoms with Crippen LogP contribution in [0, 0.1) is 0 Å². The fourth-order valence-electron chi connectivity index (χ4n) is 1.13. The molecular weight excluding hydrogens is 236 g/mol. The van der Waals surface area contributed by atoms with E-state index in [0.717, 1.165) is 47.7 Å². The summed E-state index contributed by atoms with van der Waals surface area (Å²) >= 11 is 4.22. The zero-order chi connectivity index (χ0) is 12.1. The Morgan fingerprint density at radius 2 is 1.56 bits per heavy atom. The first-order chi connectivity index (χ1) is 7.85. The van der Waals surface area contributed by atoms with E-state index in [0.29, 0.717) is 0 Å². The van der Waals surface area contributed by atoms with Gasteiger partial charge in [-0.3, -0.25) is 0 Å². The van der Waals surface area contributed by atoms with E-state index in [2.05, 4.69) is 26.5 Å². The van der Waals surface area contributed by atoms with Gasteiger partial charge in [-0.15, -0.1) is 0 Å². The molecule has 0 aliphatic rings. The molecule has 0 saturated heterocycles. The van der Waals surface area contributed by atoms with E-state index in [9.17, 15) is 0 Å². The van der Waals surface area contributed by atoms with Crippen LogP contribution in [0.1, 0.15) is 46.0 Å². The lowest BCUT2D eigenvalue weighted by Crippen LogP contribution is -2.25. The summed E-state index contributed by atoms with van der Waals surface area (Å²) < 4.78 is 11.5. The molecule has 0 fully saturated rings. The Balaban J connectivity index is 3.58. The van der Waals surface area contributed by atoms with E-state index in [1.165, 1.54) is 18.9 Å². The SMILES string of the molecule is CCCCOC(OCCCC)[Si]CCCS. The van der Waals surface area contributed by atoms with Crippen LogP contribution in [0.3, 0.4) is 0 Å². The summed E-state index contributed by atoms with van der Waals surface area (Å²) in [6.45, 7) is 6.03. The van der Waals surface area contributed by atoms with Gasteiger partial charge in [0.1, 0.15) is 15.4 Å². The van der Waals surface area contributed by atoms with Crippen molar-refractivity contribution in [3.05, 3.63) is 0 Å². The summed E-state index contributed by atoms with van der Waals surface area (Å²) in [5.74, 6) is 1.00. The van der Waals surface area contributed by atoms with Gasteiger partial charge in [-0.05, 0) is 25.0 Å². The summed E-state index contributed by atoms with van der Waals surface area (Å²) in [7, 11) is 0.759. The predicted octanol–water partition coefficient (Wildman–Crippen LogP) is 3.35. The van der Waals surface area contributed by atoms with Crippen molar-refractivity contribution in [1.29, 1.82) is 0 Å². The molecule has 0 N–H and O–H groups in total. The van der Waals surface area contributed by atoms with E-state index in [-0.39, 0.29) is 5.91 Å². The number of thiol groups is 1. The second-order valence-corrected chi connectivity index (χ2v) is 5.64. The Labute approximate surface area is 109 Å². The highest BCUT2D eigenvalue weighted by Gasteiger charge is 2.09. The van der Waals surface area contributed by atoms with E-state index in [4.69, 9.17) is 9.47 Å². The van der Waals surface area contributed by atoms with Gasteiger partial charge in [-0.25, -0.2) is 0 Å². The average Bonchev–Trinajstić information content (AvgIpc) is 2.29. The van der Waals surface area contributed by atoms with Crippen molar-refractivity contribution < 1.29 is 9.47 Å². The summed E-state index contributed by atoms with van der Waals surface area (Å²) in [6, 6.07) is 1.17. The number of hydrogen-bond donors (Lipinski definition) is 1. The van der Waals surface area contributed by atoms with E-state index < -0.39 is 0 Å². The van der Waals surface area contributed by atoms with Crippen LogP contribution in [-0.2, 0) is 9.47 Å². The molecule has 0 aromatic rings. The van der Waals surface area contributed by atoms with E-state index >= 15 is 0 Å². The quantitative estimate of drug-likeness (QED) is 0.252. The third kappa shape index (κ3) is 11.0. The first-order valence-corrected chi connectivity index (χ1v) is 8.34. The van der Waals surface area contributed by atoms with Gasteiger partial charge in [0, 0.05) is 13.2 Å². The topological polar surface area (TPSA) is 18.5 Å². The largest absolute Gasteiger partial charge is 0.357 e. The smallest absolute Gasteiger partial charge is 0.137 e. The van der Waals surface area contributed by atoms with Crippen LogP contribution in [0.4, 0.5) is 0 Å². The van der Waals surface area contributed by atoms with Gasteiger partial charge >= 0.3 is 0 Å². The van der Waals surface area contributed by atoms with Crippen molar-refractivity contribution in [3.63, 3.8) is 0 Å². The van der Waals surface area contributed by atoms with Gasteiger partial charge in [0.05, 0.1) is 0 Å². The molecule has 96 valence electrons. The molecule has 0 aromatic carbocycles. The molecule has 0 amide bonds. The maximum Gasteiger partial charge on any atom is 0.137 e. The van der Waals surface area contributed by atoms with Crippen molar-refractivity contribution in [1.82, 2.24) is 0 Å². The molecule has 0 atom stereocenters. The van der Waals surface area contributed by atoms with Gasteiger partial charge in [0.25, 0.3) is 0 Å². The van der Waals surface area contributed by atoms with Gasteiger partial charge in [0.15, 0.2) is 0 Å². The van der Waals surface area contributed by atoms with Gasteiger partial charge in [0.2, 0.25) is 0 Å². The molecule has 0 aromatic heterocycles. The van der Waals surface area contributed by atoms with Crippen molar-refractivity contribution in [3.8, 4) is 0 Å². The molecule has 0 spiro atoms. The molecule has 0 heterocycles. The maximum absolute atomic E-state index is 5.74. The zero-order valence-electron chi connectivity index (χ0n) is 10.7. The van der Waals surface area contributed by atoms with Crippen molar-refractivity contribution in [2.24, 2.45) is 0 Å². The minimum Gasteiger partial charge on any atom is -0.357 e. The lowest BCUT2D eigenvalue weighted by molar-refractivity contribution is -0.0920. The van der Waals surface area contributed by atoms with Crippen molar-refractivity contribution in [2.75, 3.05) is 19.0 Å². The van der Waals surface area contributed by atoms with Crippen LogP contribution < -0.4 is 0 Å². The Bertz CT molecular complexity index is 112. The molecule has 16 heavy (non-hydrogen) atoms. The van der Waals surface area contributed by atoms with Crippen LogP contribution >= 0.6 is 12.6 Å². The lowest BCUT2D eigenvalue weighted by Gasteiger charge is -2.17. The average molecular weight is 262 g/mol. The molecular formula is C12H26O2SSi. The summed E-state index contributed by atoms with van der Waals surface area (Å²) in [6.07, 6.45) is 5.78. The third-order valence-corrected chi connectivity index (χ3v) is 3.81. The lowest BCUT2D eigenvalue weighted by atomic mass is 10.4. The normalized spacial score (nSPS) is 11.2. The fraction of sp³-hybridized carbons (Fsp3) is 1.00. The van der Waals surface area contributed by atoms with Crippen LogP contribution in [0.25, 0.3) is 0 Å². The van der Waals surface area contributed by atoms with Gasteiger partial charge in [-0.2, -0.15) is 12.6 Å². The van der Waals surface area contributed by atoms with Crippen LogP contribution in [0.15, 0.2) is 0 Å². The fourth-order valence-corrected chi connectivity index (χ4v) is 2.68. The van der Waals surface area contributed by atoms with Gasteiger partial charge in [-0.1, -0.05) is 32.7 Å². The first-order valence-electron chi connectivity index (χ1n) is 6.42. The molecule has 0 aliphatic heterocycles. The van der Waals surface area contributed by atoms with E-state index in [1.54, 1.807) is 0 Å². The predicted molar refractivity (Wildman–Crippen MR) is 74.5 cm³/mol. The third-order valence-electron chi connectivity index (χ3n) is 2.18. The Morgan fingerprint density at radius 3 is 2.00 bits per heavy atom. The number of hydrogen-bond acceptors (Lipinski definition) is 3. The zero-order valence-corrected chi connectivity index (χ0v) is 12.6. The first kappa shape index (κ1) is 16.5. The highest BCUT2D eigenvalue weighted by Crippen LogP contribution is 2.03. The number of ether oxygens (including phenoxy) is 2. The van der Waals surface area contributed by atoms with Crippen LogP contribution in [0.5, 0.6) is 0 Å². The maximum atomic E-state index is 5.74. The molecule has 2 nitrogen and oxygen atoms in total. The molecule has 0 aliphatic carbocycles. The highest BCUT2D eigenvalue weighted by atomic mass is 32.1. The van der Waals surface area contributed by atoms with E-state index in [1.807, 2.05) is 0 Å². The monoisotopic (exact) mass is 262 g/mol. The van der Waals surface area contributed by atoms with Crippen molar-refractivity contribution in [2.45, 2.75) is 57.9 Å². The standard InChI is InChI=1S/C12H26O2SSi/c1-3-5-8-13-12(14-9-6-4-2)16-11-7-10-15/h12,15H,3-11H2,1-2H3. The Kier molecular flexibility index (Phi) is 14.0. The highest BCUT2D eigenvalue weighted by molar-refractivity contribution is 7.80.